The van der Waals surface area contributed by atoms with Crippen LogP contribution >= 0.6 is 15.9 Å². The van der Waals surface area contributed by atoms with Crippen LogP contribution in [0.25, 0.3) is 10.9 Å². The van der Waals surface area contributed by atoms with Crippen LogP contribution in [-0.4, -0.2) is 10.8 Å². The Kier molecular flexibility index (Phi) is 3.18. The highest BCUT2D eigenvalue weighted by Crippen LogP contribution is 2.24. The summed E-state index contributed by atoms with van der Waals surface area (Å²) in [5.41, 5.74) is 2.91. The Bertz CT molecular complexity index is 802. The van der Waals surface area contributed by atoms with Gasteiger partial charge in [-0.05, 0) is 36.8 Å². The first-order valence-electron chi connectivity index (χ1n) is 6.13. The first-order chi connectivity index (χ1) is 9.54. The number of nitrogens with one attached hydrogen (secondary N) is 1. The largest absolute Gasteiger partial charge is 0.360 e. The van der Waals surface area contributed by atoms with Gasteiger partial charge in [0, 0.05) is 32.7 Å². The molecule has 2 nitrogen and oxygen atoms in total. The van der Waals surface area contributed by atoms with E-state index >= 15 is 0 Å². The van der Waals surface area contributed by atoms with Gasteiger partial charge >= 0.3 is 0 Å². The minimum absolute atomic E-state index is 0.194. The van der Waals surface area contributed by atoms with Crippen molar-refractivity contribution < 1.29 is 9.18 Å². The summed E-state index contributed by atoms with van der Waals surface area (Å²) >= 11 is 3.20. The average molecular weight is 332 g/mol. The fourth-order valence-electron chi connectivity index (χ4n) is 2.27. The molecule has 0 aliphatic rings. The van der Waals surface area contributed by atoms with Crippen LogP contribution in [0, 0.1) is 12.7 Å². The van der Waals surface area contributed by atoms with Crippen LogP contribution < -0.4 is 0 Å². The van der Waals surface area contributed by atoms with Gasteiger partial charge in [0.05, 0.1) is 0 Å². The van der Waals surface area contributed by atoms with Crippen molar-refractivity contribution in [1.29, 1.82) is 0 Å². The van der Waals surface area contributed by atoms with Crippen LogP contribution in [0.2, 0.25) is 0 Å². The number of aryl methyl sites for hydroxylation is 1. The number of aromatic nitrogens is 1. The lowest BCUT2D eigenvalue weighted by Crippen LogP contribution is -2.01. The van der Waals surface area contributed by atoms with Crippen molar-refractivity contribution in [3.05, 3.63) is 69.6 Å². The fraction of sp³-hybridized carbons (Fsp3) is 0.0625. The van der Waals surface area contributed by atoms with E-state index in [1.54, 1.807) is 12.3 Å². The Morgan fingerprint density at radius 1 is 1.20 bits per heavy atom. The molecule has 0 bridgehead atoms. The van der Waals surface area contributed by atoms with Gasteiger partial charge in [0.1, 0.15) is 5.82 Å². The first-order valence-corrected chi connectivity index (χ1v) is 6.92. The van der Waals surface area contributed by atoms with Gasteiger partial charge in [0.25, 0.3) is 0 Å². The second kappa shape index (κ2) is 4.87. The molecule has 100 valence electrons. The normalized spacial score (nSPS) is 10.9. The molecule has 3 aromatic rings. The van der Waals surface area contributed by atoms with Crippen molar-refractivity contribution in [2.75, 3.05) is 0 Å². The number of halogens is 2. The van der Waals surface area contributed by atoms with E-state index in [-0.39, 0.29) is 5.78 Å². The molecule has 2 aromatic carbocycles. The number of aromatic amines is 1. The molecule has 0 aliphatic carbocycles. The maximum absolute atomic E-state index is 13.4. The number of fused-ring (bicyclic) bond motifs is 1. The number of benzene rings is 2. The maximum atomic E-state index is 13.4. The van der Waals surface area contributed by atoms with Gasteiger partial charge in [0.15, 0.2) is 5.78 Å². The highest BCUT2D eigenvalue weighted by atomic mass is 79.9. The summed E-state index contributed by atoms with van der Waals surface area (Å²) in [5.74, 6) is -0.626. The molecule has 0 aliphatic heterocycles. The first kappa shape index (κ1) is 13.1. The van der Waals surface area contributed by atoms with Crippen molar-refractivity contribution in [3.63, 3.8) is 0 Å². The zero-order chi connectivity index (χ0) is 14.3. The number of H-pyrrole nitrogens is 1. The lowest BCUT2D eigenvalue weighted by atomic mass is 10.0. The van der Waals surface area contributed by atoms with Crippen molar-refractivity contribution >= 4 is 32.6 Å². The second-order valence-electron chi connectivity index (χ2n) is 4.74. The van der Waals surface area contributed by atoms with Crippen LogP contribution in [0.5, 0.6) is 0 Å². The SMILES string of the molecule is Cc1ccc2c(C(=O)c3cc(F)cc(Br)c3)c[nH]c2c1. The van der Waals surface area contributed by atoms with Gasteiger partial charge in [-0.3, -0.25) is 4.79 Å². The molecule has 4 heteroatoms. The van der Waals surface area contributed by atoms with E-state index in [4.69, 9.17) is 0 Å². The van der Waals surface area contributed by atoms with E-state index < -0.39 is 5.82 Å². The van der Waals surface area contributed by atoms with E-state index in [1.165, 1.54) is 12.1 Å². The molecule has 0 unspecified atom stereocenters. The standard InChI is InChI=1S/C16H11BrFNO/c1-9-2-3-13-14(8-19-15(13)4-9)16(20)10-5-11(17)7-12(18)6-10/h2-8,19H,1H3. The van der Waals surface area contributed by atoms with Gasteiger partial charge in [0.2, 0.25) is 0 Å². The summed E-state index contributed by atoms with van der Waals surface area (Å²) in [6.07, 6.45) is 1.67. The molecule has 0 radical (unpaired) electrons. The summed E-state index contributed by atoms with van der Waals surface area (Å²) in [4.78, 5) is 15.6. The molecule has 0 fully saturated rings. The Hall–Kier alpha value is -1.94. The Morgan fingerprint density at radius 2 is 2.00 bits per heavy atom. The number of rotatable bonds is 2. The summed E-state index contributed by atoms with van der Waals surface area (Å²) in [6.45, 7) is 1.99. The third kappa shape index (κ3) is 2.27. The molecule has 20 heavy (non-hydrogen) atoms. The summed E-state index contributed by atoms with van der Waals surface area (Å²) in [5, 5.41) is 0.848. The van der Waals surface area contributed by atoms with E-state index in [2.05, 4.69) is 20.9 Å². The second-order valence-corrected chi connectivity index (χ2v) is 5.65. The van der Waals surface area contributed by atoms with E-state index in [0.29, 0.717) is 15.6 Å². The molecule has 0 atom stereocenters. The molecular weight excluding hydrogens is 321 g/mol. The Balaban J connectivity index is 2.12. The molecule has 0 spiro atoms. The summed E-state index contributed by atoms with van der Waals surface area (Å²) in [6, 6.07) is 10.0. The molecule has 0 amide bonds. The van der Waals surface area contributed by atoms with Crippen LogP contribution in [0.3, 0.4) is 0 Å². The fourth-order valence-corrected chi connectivity index (χ4v) is 2.73. The highest BCUT2D eigenvalue weighted by molar-refractivity contribution is 9.10. The topological polar surface area (TPSA) is 32.9 Å². The van der Waals surface area contributed by atoms with Gasteiger partial charge in [-0.2, -0.15) is 0 Å². The number of ketones is 1. The van der Waals surface area contributed by atoms with Crippen LogP contribution in [0.4, 0.5) is 4.39 Å². The van der Waals surface area contributed by atoms with Gasteiger partial charge in [-0.1, -0.05) is 28.1 Å². The van der Waals surface area contributed by atoms with Gasteiger partial charge < -0.3 is 4.98 Å². The van der Waals surface area contributed by atoms with E-state index in [1.807, 2.05) is 25.1 Å². The predicted molar refractivity (Wildman–Crippen MR) is 80.6 cm³/mol. The number of carbonyl (C=O) groups is 1. The summed E-state index contributed by atoms with van der Waals surface area (Å²) < 4.78 is 14.0. The third-order valence-corrected chi connectivity index (χ3v) is 3.66. The molecule has 0 saturated heterocycles. The molecule has 3 rings (SSSR count). The molecular formula is C16H11BrFNO. The average Bonchev–Trinajstić information content (AvgIpc) is 2.79. The number of hydrogen-bond acceptors (Lipinski definition) is 1. The lowest BCUT2D eigenvalue weighted by Gasteiger charge is -2.02. The monoisotopic (exact) mass is 331 g/mol. The lowest BCUT2D eigenvalue weighted by molar-refractivity contribution is 0.104. The molecule has 1 heterocycles. The van der Waals surface area contributed by atoms with Crippen LogP contribution in [0.15, 0.2) is 47.1 Å². The summed E-state index contributed by atoms with van der Waals surface area (Å²) in [7, 11) is 0. The zero-order valence-electron chi connectivity index (χ0n) is 10.7. The van der Waals surface area contributed by atoms with Gasteiger partial charge in [-0.15, -0.1) is 0 Å². The van der Waals surface area contributed by atoms with Crippen molar-refractivity contribution in [2.24, 2.45) is 0 Å². The van der Waals surface area contributed by atoms with E-state index in [0.717, 1.165) is 16.5 Å². The van der Waals surface area contributed by atoms with Crippen molar-refractivity contribution in [3.8, 4) is 0 Å². The molecule has 1 N–H and O–H groups in total. The van der Waals surface area contributed by atoms with Crippen LogP contribution in [0.1, 0.15) is 21.5 Å². The van der Waals surface area contributed by atoms with Gasteiger partial charge in [-0.25, -0.2) is 4.39 Å². The minimum atomic E-state index is -0.432. The predicted octanol–water partition coefficient (Wildman–Crippen LogP) is 4.61. The number of hydrogen-bond donors (Lipinski definition) is 1. The zero-order valence-corrected chi connectivity index (χ0v) is 12.3. The van der Waals surface area contributed by atoms with Crippen LogP contribution in [-0.2, 0) is 0 Å². The smallest absolute Gasteiger partial charge is 0.195 e. The third-order valence-electron chi connectivity index (χ3n) is 3.21. The Labute approximate surface area is 123 Å². The quantitative estimate of drug-likeness (QED) is 0.683. The van der Waals surface area contributed by atoms with Crippen molar-refractivity contribution in [2.45, 2.75) is 6.92 Å². The van der Waals surface area contributed by atoms with E-state index in [9.17, 15) is 9.18 Å². The Morgan fingerprint density at radius 3 is 2.75 bits per heavy atom. The molecule has 1 aromatic heterocycles. The minimum Gasteiger partial charge on any atom is -0.360 e. The van der Waals surface area contributed by atoms with Crippen molar-refractivity contribution in [1.82, 2.24) is 4.98 Å². The number of carbonyl (C=O) groups excluding carboxylic acids is 1. The maximum Gasteiger partial charge on any atom is 0.195 e. The molecule has 0 saturated carbocycles. The highest BCUT2D eigenvalue weighted by Gasteiger charge is 2.15.